The number of piperidine rings is 1. The lowest BCUT2D eigenvalue weighted by Gasteiger charge is -2.34. The van der Waals surface area contributed by atoms with Gasteiger partial charge in [0.25, 0.3) is 5.91 Å². The molecule has 0 saturated carbocycles. The van der Waals surface area contributed by atoms with Crippen LogP contribution in [0.2, 0.25) is 0 Å². The molecule has 10 heteroatoms. The molecule has 0 radical (unpaired) electrons. The van der Waals surface area contributed by atoms with E-state index in [1.54, 1.807) is 7.11 Å². The molecule has 5 rings (SSSR count). The summed E-state index contributed by atoms with van der Waals surface area (Å²) in [5.74, 6) is 2.27. The standard InChI is InChI=1S/C24H28N6O3.ClH/c1-32-22-5-3-18-23(29-22)19(7-11-26-18)30-12-8-16(9-13-30)6-10-25-14-17-2-4-20-24(27-17)28-21(31)15-33-20;/h2-5,7,11,16,25H,6,8-10,12-15H2,1H3,(H,27,28,31);1H. The fourth-order valence-electron chi connectivity index (χ4n) is 4.45. The smallest absolute Gasteiger partial charge is 0.263 e. The molecular formula is C24H29ClN6O3. The summed E-state index contributed by atoms with van der Waals surface area (Å²) in [6.07, 6.45) is 5.28. The van der Waals surface area contributed by atoms with Gasteiger partial charge in [0.2, 0.25) is 5.88 Å². The molecule has 5 heterocycles. The number of carbonyl (C=O) groups is 1. The van der Waals surface area contributed by atoms with Crippen LogP contribution in [0.4, 0.5) is 11.5 Å². The number of methoxy groups -OCH3 is 1. The SMILES string of the molecule is COc1ccc2nccc(N3CCC(CCNCc4ccc5c(n4)NC(=O)CO5)CC3)c2n1.Cl. The van der Waals surface area contributed by atoms with Crippen molar-refractivity contribution in [3.8, 4) is 11.6 Å². The third-order valence-electron chi connectivity index (χ3n) is 6.27. The van der Waals surface area contributed by atoms with E-state index in [2.05, 4.69) is 36.6 Å². The van der Waals surface area contributed by atoms with Crippen LogP contribution < -0.4 is 25.0 Å². The van der Waals surface area contributed by atoms with Crippen LogP contribution in [0.25, 0.3) is 11.0 Å². The minimum absolute atomic E-state index is 0. The zero-order chi connectivity index (χ0) is 22.6. The number of rotatable bonds is 7. The molecule has 0 atom stereocenters. The van der Waals surface area contributed by atoms with Gasteiger partial charge in [0.1, 0.15) is 5.52 Å². The second-order valence-corrected chi connectivity index (χ2v) is 8.43. The van der Waals surface area contributed by atoms with E-state index < -0.39 is 0 Å². The number of anilines is 2. The van der Waals surface area contributed by atoms with Gasteiger partial charge in [-0.05, 0) is 56.0 Å². The highest BCUT2D eigenvalue weighted by atomic mass is 35.5. The van der Waals surface area contributed by atoms with Crippen molar-refractivity contribution in [2.45, 2.75) is 25.8 Å². The molecule has 2 aliphatic heterocycles. The number of nitrogens with zero attached hydrogens (tertiary/aromatic N) is 4. The first kappa shape index (κ1) is 24.0. The number of carbonyl (C=O) groups excluding carboxylic acids is 1. The Morgan fingerprint density at radius 3 is 2.85 bits per heavy atom. The summed E-state index contributed by atoms with van der Waals surface area (Å²) in [4.78, 5) is 27.4. The maximum absolute atomic E-state index is 11.5. The maximum Gasteiger partial charge on any atom is 0.263 e. The van der Waals surface area contributed by atoms with Crippen molar-refractivity contribution in [3.63, 3.8) is 0 Å². The molecule has 1 amide bonds. The van der Waals surface area contributed by atoms with Crippen molar-refractivity contribution < 1.29 is 14.3 Å². The molecule has 1 fully saturated rings. The topological polar surface area (TPSA) is 102 Å². The number of fused-ring (bicyclic) bond motifs is 2. The molecule has 2 aliphatic rings. The van der Waals surface area contributed by atoms with E-state index in [1.807, 2.05) is 30.5 Å². The van der Waals surface area contributed by atoms with Crippen LogP contribution in [0.15, 0.2) is 36.5 Å². The van der Waals surface area contributed by atoms with Crippen LogP contribution in [0.5, 0.6) is 11.6 Å². The minimum Gasteiger partial charge on any atom is -0.481 e. The molecule has 0 unspecified atom stereocenters. The Labute approximate surface area is 204 Å². The highest BCUT2D eigenvalue weighted by molar-refractivity contribution is 5.94. The van der Waals surface area contributed by atoms with Crippen LogP contribution in [-0.4, -0.2) is 54.2 Å². The van der Waals surface area contributed by atoms with Crippen molar-refractivity contribution in [1.82, 2.24) is 20.3 Å². The fourth-order valence-corrected chi connectivity index (χ4v) is 4.45. The molecule has 0 aliphatic carbocycles. The van der Waals surface area contributed by atoms with E-state index in [4.69, 9.17) is 9.47 Å². The fraction of sp³-hybridized carbons (Fsp3) is 0.417. The summed E-state index contributed by atoms with van der Waals surface area (Å²) in [7, 11) is 1.64. The summed E-state index contributed by atoms with van der Waals surface area (Å²) in [5, 5.41) is 6.24. The van der Waals surface area contributed by atoms with Crippen LogP contribution in [0, 0.1) is 5.92 Å². The molecule has 1 saturated heterocycles. The molecule has 0 aromatic carbocycles. The van der Waals surface area contributed by atoms with Crippen LogP contribution in [0.1, 0.15) is 25.0 Å². The van der Waals surface area contributed by atoms with Crippen molar-refractivity contribution in [2.75, 3.05) is 43.6 Å². The molecule has 3 aromatic rings. The lowest BCUT2D eigenvalue weighted by molar-refractivity contribution is -0.118. The summed E-state index contributed by atoms with van der Waals surface area (Å²) in [6, 6.07) is 9.66. The predicted molar refractivity (Wildman–Crippen MR) is 133 cm³/mol. The molecule has 2 N–H and O–H groups in total. The third-order valence-corrected chi connectivity index (χ3v) is 6.27. The number of hydrogen-bond acceptors (Lipinski definition) is 8. The number of ether oxygens (including phenoxy) is 2. The van der Waals surface area contributed by atoms with Crippen molar-refractivity contribution in [3.05, 3.63) is 42.2 Å². The molecule has 3 aromatic heterocycles. The largest absolute Gasteiger partial charge is 0.481 e. The maximum atomic E-state index is 11.5. The minimum atomic E-state index is -0.166. The Balaban J connectivity index is 0.00000274. The first-order valence-corrected chi connectivity index (χ1v) is 11.4. The van der Waals surface area contributed by atoms with Gasteiger partial charge >= 0.3 is 0 Å². The highest BCUT2D eigenvalue weighted by Crippen LogP contribution is 2.30. The van der Waals surface area contributed by atoms with Gasteiger partial charge in [-0.2, -0.15) is 0 Å². The Hall–Kier alpha value is -3.17. The highest BCUT2D eigenvalue weighted by Gasteiger charge is 2.21. The number of halogens is 1. The first-order valence-electron chi connectivity index (χ1n) is 11.4. The van der Waals surface area contributed by atoms with Gasteiger partial charge in [-0.15, -0.1) is 12.4 Å². The quantitative estimate of drug-likeness (QED) is 0.493. The Bertz CT molecular complexity index is 1150. The van der Waals surface area contributed by atoms with Gasteiger partial charge in [0.05, 0.1) is 24.0 Å². The number of hydrogen-bond donors (Lipinski definition) is 2. The number of pyridine rings is 3. The summed E-state index contributed by atoms with van der Waals surface area (Å²) in [6.45, 7) is 3.67. The van der Waals surface area contributed by atoms with Gasteiger partial charge in [-0.25, -0.2) is 9.97 Å². The second-order valence-electron chi connectivity index (χ2n) is 8.43. The van der Waals surface area contributed by atoms with Gasteiger partial charge in [0, 0.05) is 31.9 Å². The lowest BCUT2D eigenvalue weighted by Crippen LogP contribution is -2.35. The Morgan fingerprint density at radius 1 is 1.18 bits per heavy atom. The third kappa shape index (κ3) is 5.31. The molecule has 34 heavy (non-hydrogen) atoms. The molecule has 0 spiro atoms. The summed E-state index contributed by atoms with van der Waals surface area (Å²) >= 11 is 0. The average molecular weight is 485 g/mol. The summed E-state index contributed by atoms with van der Waals surface area (Å²) < 4.78 is 10.7. The zero-order valence-corrected chi connectivity index (χ0v) is 19.9. The first-order chi connectivity index (χ1) is 16.2. The van der Waals surface area contributed by atoms with E-state index in [0.717, 1.165) is 61.3 Å². The Morgan fingerprint density at radius 2 is 2.03 bits per heavy atom. The predicted octanol–water partition coefficient (Wildman–Crippen LogP) is 3.18. The molecule has 0 bridgehead atoms. The van der Waals surface area contributed by atoms with Crippen LogP contribution in [-0.2, 0) is 11.3 Å². The molecule has 9 nitrogen and oxygen atoms in total. The zero-order valence-electron chi connectivity index (χ0n) is 19.1. The average Bonchev–Trinajstić information content (AvgIpc) is 2.86. The van der Waals surface area contributed by atoms with Gasteiger partial charge < -0.3 is 25.0 Å². The van der Waals surface area contributed by atoms with E-state index in [1.165, 1.54) is 0 Å². The Kier molecular flexibility index (Phi) is 7.64. The van der Waals surface area contributed by atoms with E-state index in [-0.39, 0.29) is 24.9 Å². The van der Waals surface area contributed by atoms with Crippen molar-refractivity contribution in [2.24, 2.45) is 5.92 Å². The number of amides is 1. The normalized spacial score (nSPS) is 15.8. The molecular weight excluding hydrogens is 456 g/mol. The van der Waals surface area contributed by atoms with Gasteiger partial charge in [-0.3, -0.25) is 9.78 Å². The lowest BCUT2D eigenvalue weighted by atomic mass is 9.93. The number of nitrogens with one attached hydrogen (secondary N) is 2. The van der Waals surface area contributed by atoms with Crippen molar-refractivity contribution in [1.29, 1.82) is 0 Å². The van der Waals surface area contributed by atoms with E-state index in [0.29, 0.717) is 29.9 Å². The van der Waals surface area contributed by atoms with E-state index in [9.17, 15) is 4.79 Å². The number of aromatic nitrogens is 3. The summed E-state index contributed by atoms with van der Waals surface area (Å²) in [5.41, 5.74) is 3.81. The van der Waals surface area contributed by atoms with Crippen LogP contribution >= 0.6 is 12.4 Å². The van der Waals surface area contributed by atoms with Crippen molar-refractivity contribution >= 4 is 40.9 Å². The van der Waals surface area contributed by atoms with Gasteiger partial charge in [-0.1, -0.05) is 0 Å². The monoisotopic (exact) mass is 484 g/mol. The van der Waals surface area contributed by atoms with E-state index >= 15 is 0 Å². The van der Waals surface area contributed by atoms with Crippen LogP contribution in [0.3, 0.4) is 0 Å². The molecule has 180 valence electrons. The second kappa shape index (κ2) is 10.8. The van der Waals surface area contributed by atoms with Gasteiger partial charge in [0.15, 0.2) is 18.2 Å².